The molecule has 120 valence electrons. The van der Waals surface area contributed by atoms with Crippen LogP contribution in [0.3, 0.4) is 0 Å². The Labute approximate surface area is 126 Å². The van der Waals surface area contributed by atoms with Crippen LogP contribution < -0.4 is 0 Å². The molecule has 0 spiro atoms. The standard InChI is InChI=1S/C14H24N2O4S/c1-4-21(19,20)9-8-16-12(10(2)3)14(18)15-7-5-6-11(15)13(16)17/h10-12H,4-9H2,1-3H3. The Kier molecular flexibility index (Phi) is 4.60. The van der Waals surface area contributed by atoms with Crippen LogP contribution >= 0.6 is 0 Å². The van der Waals surface area contributed by atoms with E-state index < -0.39 is 15.9 Å². The van der Waals surface area contributed by atoms with E-state index in [0.717, 1.165) is 6.42 Å². The first kappa shape index (κ1) is 16.3. The Morgan fingerprint density at radius 2 is 1.90 bits per heavy atom. The Balaban J connectivity index is 2.22. The maximum atomic E-state index is 12.6. The van der Waals surface area contributed by atoms with Crippen LogP contribution in [0.15, 0.2) is 0 Å². The first-order valence-electron chi connectivity index (χ1n) is 7.60. The molecule has 2 rings (SSSR count). The molecular formula is C14H24N2O4S. The van der Waals surface area contributed by atoms with Gasteiger partial charge >= 0.3 is 0 Å². The normalized spacial score (nSPS) is 26.7. The molecule has 0 aromatic rings. The molecule has 0 N–H and O–H groups in total. The fraction of sp³-hybridized carbons (Fsp3) is 0.857. The Hall–Kier alpha value is -1.11. The number of hydrogen-bond acceptors (Lipinski definition) is 4. The molecular weight excluding hydrogens is 292 g/mol. The molecule has 0 saturated carbocycles. The molecule has 2 heterocycles. The maximum absolute atomic E-state index is 12.6. The third-order valence-corrected chi connectivity index (χ3v) is 6.09. The topological polar surface area (TPSA) is 74.8 Å². The molecule has 2 aliphatic rings. The second-order valence-corrected chi connectivity index (χ2v) is 8.62. The predicted octanol–water partition coefficient (Wildman–Crippen LogP) is 0.279. The van der Waals surface area contributed by atoms with Crippen molar-refractivity contribution in [3.63, 3.8) is 0 Å². The van der Waals surface area contributed by atoms with E-state index in [9.17, 15) is 18.0 Å². The number of amides is 2. The highest BCUT2D eigenvalue weighted by Gasteiger charge is 2.48. The lowest BCUT2D eigenvalue weighted by Crippen LogP contribution is -2.64. The molecule has 2 atom stereocenters. The van der Waals surface area contributed by atoms with E-state index in [-0.39, 0.29) is 41.8 Å². The number of nitrogens with zero attached hydrogens (tertiary/aromatic N) is 2. The summed E-state index contributed by atoms with van der Waals surface area (Å²) in [4.78, 5) is 28.4. The molecule has 2 aliphatic heterocycles. The largest absolute Gasteiger partial charge is 0.329 e. The summed E-state index contributed by atoms with van der Waals surface area (Å²) in [6, 6.07) is -0.907. The van der Waals surface area contributed by atoms with Crippen LogP contribution in [0.4, 0.5) is 0 Å². The molecule has 2 fully saturated rings. The number of hydrogen-bond donors (Lipinski definition) is 0. The van der Waals surface area contributed by atoms with Gasteiger partial charge in [-0.1, -0.05) is 20.8 Å². The number of carbonyl (C=O) groups is 2. The molecule has 7 heteroatoms. The van der Waals surface area contributed by atoms with E-state index in [1.165, 1.54) is 4.90 Å². The van der Waals surface area contributed by atoms with Gasteiger partial charge in [0, 0.05) is 18.8 Å². The van der Waals surface area contributed by atoms with Gasteiger partial charge in [0.05, 0.1) is 5.75 Å². The van der Waals surface area contributed by atoms with E-state index >= 15 is 0 Å². The van der Waals surface area contributed by atoms with Gasteiger partial charge < -0.3 is 9.80 Å². The maximum Gasteiger partial charge on any atom is 0.246 e. The summed E-state index contributed by atoms with van der Waals surface area (Å²) in [5.74, 6) is -0.144. The molecule has 0 aliphatic carbocycles. The number of piperazine rings is 1. The van der Waals surface area contributed by atoms with Gasteiger partial charge in [-0.25, -0.2) is 8.42 Å². The molecule has 6 nitrogen and oxygen atoms in total. The highest BCUT2D eigenvalue weighted by Crippen LogP contribution is 2.29. The zero-order valence-corrected chi connectivity index (χ0v) is 13.7. The average molecular weight is 316 g/mol. The van der Waals surface area contributed by atoms with Crippen molar-refractivity contribution in [1.29, 1.82) is 0 Å². The van der Waals surface area contributed by atoms with Gasteiger partial charge in [0.15, 0.2) is 9.84 Å². The van der Waals surface area contributed by atoms with E-state index in [2.05, 4.69) is 0 Å². The fourth-order valence-electron chi connectivity index (χ4n) is 3.20. The van der Waals surface area contributed by atoms with Crippen molar-refractivity contribution >= 4 is 21.7 Å². The Morgan fingerprint density at radius 1 is 1.24 bits per heavy atom. The Morgan fingerprint density at radius 3 is 2.48 bits per heavy atom. The third-order valence-electron chi connectivity index (χ3n) is 4.41. The first-order chi connectivity index (χ1) is 9.78. The van der Waals surface area contributed by atoms with E-state index in [4.69, 9.17) is 0 Å². The van der Waals surface area contributed by atoms with Gasteiger partial charge in [-0.15, -0.1) is 0 Å². The lowest BCUT2D eigenvalue weighted by atomic mass is 9.96. The van der Waals surface area contributed by atoms with Gasteiger partial charge in [0.1, 0.15) is 12.1 Å². The van der Waals surface area contributed by atoms with Crippen molar-refractivity contribution in [1.82, 2.24) is 9.80 Å². The molecule has 0 aromatic heterocycles. The summed E-state index contributed by atoms with van der Waals surface area (Å²) >= 11 is 0. The smallest absolute Gasteiger partial charge is 0.246 e. The molecule has 0 bridgehead atoms. The van der Waals surface area contributed by atoms with E-state index in [1.807, 2.05) is 13.8 Å². The molecule has 21 heavy (non-hydrogen) atoms. The SMILES string of the molecule is CCS(=O)(=O)CCN1C(=O)C2CCCN2C(=O)C1C(C)C. The van der Waals surface area contributed by atoms with Gasteiger partial charge in [-0.05, 0) is 18.8 Å². The zero-order valence-electron chi connectivity index (χ0n) is 12.9. The van der Waals surface area contributed by atoms with Gasteiger partial charge in [-0.3, -0.25) is 9.59 Å². The van der Waals surface area contributed by atoms with Gasteiger partial charge in [0.25, 0.3) is 0 Å². The number of carbonyl (C=O) groups excluding carboxylic acids is 2. The lowest BCUT2D eigenvalue weighted by Gasteiger charge is -2.44. The van der Waals surface area contributed by atoms with Crippen molar-refractivity contribution < 1.29 is 18.0 Å². The molecule has 2 amide bonds. The van der Waals surface area contributed by atoms with E-state index in [1.54, 1.807) is 11.8 Å². The summed E-state index contributed by atoms with van der Waals surface area (Å²) in [6.07, 6.45) is 1.53. The second-order valence-electron chi connectivity index (χ2n) is 6.15. The van der Waals surface area contributed by atoms with Crippen molar-refractivity contribution in [2.75, 3.05) is 24.6 Å². The average Bonchev–Trinajstić information content (AvgIpc) is 2.90. The van der Waals surface area contributed by atoms with E-state index in [0.29, 0.717) is 13.0 Å². The highest BCUT2D eigenvalue weighted by atomic mass is 32.2. The van der Waals surface area contributed by atoms with Gasteiger partial charge in [0.2, 0.25) is 11.8 Å². The summed E-state index contributed by atoms with van der Waals surface area (Å²) in [5.41, 5.74) is 0. The minimum absolute atomic E-state index is 0.0210. The first-order valence-corrected chi connectivity index (χ1v) is 9.42. The van der Waals surface area contributed by atoms with Crippen molar-refractivity contribution in [3.8, 4) is 0 Å². The zero-order chi connectivity index (χ0) is 15.8. The third kappa shape index (κ3) is 3.07. The van der Waals surface area contributed by atoms with Crippen LogP contribution in [0.1, 0.15) is 33.6 Å². The monoisotopic (exact) mass is 316 g/mol. The van der Waals surface area contributed by atoms with Crippen LogP contribution in [0.25, 0.3) is 0 Å². The molecule has 0 aromatic carbocycles. The summed E-state index contributed by atoms with van der Waals surface area (Å²) in [7, 11) is -3.15. The summed E-state index contributed by atoms with van der Waals surface area (Å²) in [6.45, 7) is 6.14. The summed E-state index contributed by atoms with van der Waals surface area (Å²) in [5, 5.41) is 0. The van der Waals surface area contributed by atoms with Crippen LogP contribution in [0.2, 0.25) is 0 Å². The minimum atomic E-state index is -3.15. The molecule has 2 unspecified atom stereocenters. The van der Waals surface area contributed by atoms with Crippen molar-refractivity contribution in [3.05, 3.63) is 0 Å². The van der Waals surface area contributed by atoms with Crippen LogP contribution in [-0.4, -0.2) is 66.7 Å². The van der Waals surface area contributed by atoms with Crippen LogP contribution in [-0.2, 0) is 19.4 Å². The molecule has 2 saturated heterocycles. The number of rotatable bonds is 5. The highest BCUT2D eigenvalue weighted by molar-refractivity contribution is 7.91. The van der Waals surface area contributed by atoms with Crippen LogP contribution in [0, 0.1) is 5.92 Å². The minimum Gasteiger partial charge on any atom is -0.329 e. The molecule has 0 radical (unpaired) electrons. The van der Waals surface area contributed by atoms with Crippen LogP contribution in [0.5, 0.6) is 0 Å². The van der Waals surface area contributed by atoms with Crippen molar-refractivity contribution in [2.45, 2.75) is 45.7 Å². The second kappa shape index (κ2) is 5.94. The van der Waals surface area contributed by atoms with Crippen molar-refractivity contribution in [2.24, 2.45) is 5.92 Å². The number of fused-ring (bicyclic) bond motifs is 1. The van der Waals surface area contributed by atoms with Gasteiger partial charge in [-0.2, -0.15) is 0 Å². The number of sulfone groups is 1. The lowest BCUT2D eigenvalue weighted by molar-refractivity contribution is -0.161. The quantitative estimate of drug-likeness (QED) is 0.730. The Bertz CT molecular complexity index is 529. The fourth-order valence-corrected chi connectivity index (χ4v) is 3.96. The predicted molar refractivity (Wildman–Crippen MR) is 79.4 cm³/mol. The summed E-state index contributed by atoms with van der Waals surface area (Å²) < 4.78 is 23.4.